The lowest BCUT2D eigenvalue weighted by Gasteiger charge is -2.26. The molecule has 3 heterocycles. The van der Waals surface area contributed by atoms with E-state index in [9.17, 15) is 4.79 Å². The van der Waals surface area contributed by atoms with Gasteiger partial charge in [-0.3, -0.25) is 9.48 Å². The molecule has 0 radical (unpaired) electrons. The molecule has 26 heavy (non-hydrogen) atoms. The smallest absolute Gasteiger partial charge is 0.274 e. The normalized spacial score (nSPS) is 16.3. The molecule has 2 aliphatic rings. The number of carbonyl (C=O) groups excluding carboxylic acids is 1. The van der Waals surface area contributed by atoms with Gasteiger partial charge < -0.3 is 14.4 Å². The number of carbonyl (C=O) groups is 1. The van der Waals surface area contributed by atoms with Gasteiger partial charge in [0.05, 0.1) is 18.9 Å². The van der Waals surface area contributed by atoms with E-state index in [2.05, 4.69) is 18.2 Å². The van der Waals surface area contributed by atoms with Crippen molar-refractivity contribution in [2.45, 2.75) is 23.6 Å². The van der Waals surface area contributed by atoms with Crippen molar-refractivity contribution < 1.29 is 14.3 Å². The Kier molecular flexibility index (Phi) is 5.28. The maximum Gasteiger partial charge on any atom is 0.274 e. The molecule has 2 aliphatic heterocycles. The standard InChI is InChI=1S/C19H23N3O3S/c1-24-10-4-7-22-18-14-5-2-3-6-16(14)26-13-15(18)17(20-22)19(23)21-8-11-25-12-9-21/h2-3,5-6H,4,7-13H2,1H3. The molecule has 0 atom stereocenters. The first-order valence-corrected chi connectivity index (χ1v) is 9.96. The molecule has 1 aromatic heterocycles. The third-order valence-corrected chi connectivity index (χ3v) is 5.88. The lowest BCUT2D eigenvalue weighted by atomic mass is 10.1. The van der Waals surface area contributed by atoms with Crippen molar-refractivity contribution in [3.8, 4) is 11.3 Å². The first kappa shape index (κ1) is 17.6. The van der Waals surface area contributed by atoms with Crippen molar-refractivity contribution in [3.05, 3.63) is 35.5 Å². The number of morpholine rings is 1. The summed E-state index contributed by atoms with van der Waals surface area (Å²) in [5.74, 6) is 0.803. The molecule has 0 saturated carbocycles. The average molecular weight is 373 g/mol. The van der Waals surface area contributed by atoms with Crippen molar-refractivity contribution in [1.29, 1.82) is 0 Å². The van der Waals surface area contributed by atoms with Gasteiger partial charge in [0.25, 0.3) is 5.91 Å². The minimum absolute atomic E-state index is 0.0232. The minimum Gasteiger partial charge on any atom is -0.385 e. The van der Waals surface area contributed by atoms with E-state index in [4.69, 9.17) is 14.6 Å². The summed E-state index contributed by atoms with van der Waals surface area (Å²) in [4.78, 5) is 16.2. The molecule has 0 spiro atoms. The molecule has 0 unspecified atom stereocenters. The summed E-state index contributed by atoms with van der Waals surface area (Å²) in [6, 6.07) is 8.36. The van der Waals surface area contributed by atoms with Crippen molar-refractivity contribution in [2.75, 3.05) is 40.0 Å². The van der Waals surface area contributed by atoms with Crippen LogP contribution in [0.5, 0.6) is 0 Å². The van der Waals surface area contributed by atoms with E-state index in [0.29, 0.717) is 38.6 Å². The van der Waals surface area contributed by atoms with Crippen LogP contribution in [-0.2, 0) is 21.8 Å². The zero-order valence-electron chi connectivity index (χ0n) is 14.9. The summed E-state index contributed by atoms with van der Waals surface area (Å²) in [5, 5.41) is 4.75. The first-order valence-electron chi connectivity index (χ1n) is 8.97. The number of nitrogens with zero attached hydrogens (tertiary/aromatic N) is 3. The Bertz CT molecular complexity index is 799. The predicted octanol–water partition coefficient (Wildman–Crippen LogP) is 2.66. The van der Waals surface area contributed by atoms with Crippen molar-refractivity contribution in [2.24, 2.45) is 0 Å². The molecule has 1 saturated heterocycles. The summed E-state index contributed by atoms with van der Waals surface area (Å²) in [5.41, 5.74) is 3.92. The third kappa shape index (κ3) is 3.26. The van der Waals surface area contributed by atoms with E-state index >= 15 is 0 Å². The molecule has 1 amide bonds. The second-order valence-electron chi connectivity index (χ2n) is 6.43. The summed E-state index contributed by atoms with van der Waals surface area (Å²) in [6.07, 6.45) is 0.866. The fraction of sp³-hybridized carbons (Fsp3) is 0.474. The molecule has 1 aromatic carbocycles. The number of amides is 1. The number of aryl methyl sites for hydroxylation is 1. The number of aromatic nitrogens is 2. The maximum absolute atomic E-state index is 13.1. The molecule has 0 aliphatic carbocycles. The number of thioether (sulfide) groups is 1. The van der Waals surface area contributed by atoms with Gasteiger partial charge in [-0.2, -0.15) is 5.10 Å². The van der Waals surface area contributed by atoms with Gasteiger partial charge in [-0.15, -0.1) is 11.8 Å². The van der Waals surface area contributed by atoms with Crippen LogP contribution in [0.4, 0.5) is 0 Å². The second-order valence-corrected chi connectivity index (χ2v) is 7.45. The number of ether oxygens (including phenoxy) is 2. The number of rotatable bonds is 5. The van der Waals surface area contributed by atoms with Crippen LogP contribution in [-0.4, -0.2) is 60.6 Å². The van der Waals surface area contributed by atoms with E-state index in [1.807, 2.05) is 15.6 Å². The summed E-state index contributed by atoms with van der Waals surface area (Å²) in [6.45, 7) is 3.88. The van der Waals surface area contributed by atoms with Crippen LogP contribution in [0.15, 0.2) is 29.2 Å². The first-order chi connectivity index (χ1) is 12.8. The maximum atomic E-state index is 13.1. The molecule has 138 valence electrons. The summed E-state index contributed by atoms with van der Waals surface area (Å²) in [7, 11) is 1.71. The topological polar surface area (TPSA) is 56.6 Å². The molecule has 4 rings (SSSR count). The molecule has 0 bridgehead atoms. The third-order valence-electron chi connectivity index (χ3n) is 4.78. The number of fused-ring (bicyclic) bond motifs is 3. The number of hydrogen-bond donors (Lipinski definition) is 0. The zero-order chi connectivity index (χ0) is 17.9. The van der Waals surface area contributed by atoms with Crippen molar-refractivity contribution >= 4 is 17.7 Å². The van der Waals surface area contributed by atoms with Crippen LogP contribution in [0.1, 0.15) is 22.5 Å². The lowest BCUT2D eigenvalue weighted by molar-refractivity contribution is 0.0298. The van der Waals surface area contributed by atoms with Crippen LogP contribution in [0.25, 0.3) is 11.3 Å². The molecule has 6 nitrogen and oxygen atoms in total. The number of methoxy groups -OCH3 is 1. The number of benzene rings is 1. The van der Waals surface area contributed by atoms with Crippen LogP contribution < -0.4 is 0 Å². The van der Waals surface area contributed by atoms with Gasteiger partial charge in [-0.25, -0.2) is 0 Å². The van der Waals surface area contributed by atoms with Gasteiger partial charge in [0, 0.05) is 55.1 Å². The van der Waals surface area contributed by atoms with Crippen LogP contribution in [0, 0.1) is 0 Å². The lowest BCUT2D eigenvalue weighted by Crippen LogP contribution is -2.41. The van der Waals surface area contributed by atoms with Gasteiger partial charge in [0.15, 0.2) is 5.69 Å². The van der Waals surface area contributed by atoms with E-state index in [0.717, 1.165) is 30.0 Å². The SMILES string of the molecule is COCCCn1nc(C(=O)N2CCOCC2)c2c1-c1ccccc1SC2. The van der Waals surface area contributed by atoms with E-state index in [1.165, 1.54) is 10.5 Å². The summed E-state index contributed by atoms with van der Waals surface area (Å²) < 4.78 is 12.6. The largest absolute Gasteiger partial charge is 0.385 e. The Morgan fingerprint density at radius 1 is 1.31 bits per heavy atom. The van der Waals surface area contributed by atoms with Crippen molar-refractivity contribution in [1.82, 2.24) is 14.7 Å². The van der Waals surface area contributed by atoms with Gasteiger partial charge in [-0.1, -0.05) is 18.2 Å². The van der Waals surface area contributed by atoms with Gasteiger partial charge in [0.2, 0.25) is 0 Å². The highest BCUT2D eigenvalue weighted by Gasteiger charge is 2.31. The van der Waals surface area contributed by atoms with Crippen LogP contribution >= 0.6 is 11.8 Å². The van der Waals surface area contributed by atoms with Gasteiger partial charge in [-0.05, 0) is 12.5 Å². The molecule has 0 N–H and O–H groups in total. The molecular weight excluding hydrogens is 350 g/mol. The highest BCUT2D eigenvalue weighted by Crippen LogP contribution is 2.43. The van der Waals surface area contributed by atoms with E-state index < -0.39 is 0 Å². The fourth-order valence-corrected chi connectivity index (χ4v) is 4.55. The quantitative estimate of drug-likeness (QED) is 0.754. The Morgan fingerprint density at radius 2 is 2.12 bits per heavy atom. The number of hydrogen-bond acceptors (Lipinski definition) is 5. The highest BCUT2D eigenvalue weighted by molar-refractivity contribution is 7.98. The average Bonchev–Trinajstić information content (AvgIpc) is 3.07. The van der Waals surface area contributed by atoms with E-state index in [-0.39, 0.29) is 5.91 Å². The second kappa shape index (κ2) is 7.82. The monoisotopic (exact) mass is 373 g/mol. The minimum atomic E-state index is 0.0232. The molecule has 1 fully saturated rings. The van der Waals surface area contributed by atoms with Crippen molar-refractivity contribution in [3.63, 3.8) is 0 Å². The summed E-state index contributed by atoms with van der Waals surface area (Å²) >= 11 is 1.78. The van der Waals surface area contributed by atoms with E-state index in [1.54, 1.807) is 18.9 Å². The highest BCUT2D eigenvalue weighted by atomic mass is 32.2. The van der Waals surface area contributed by atoms with Crippen LogP contribution in [0.3, 0.4) is 0 Å². The Morgan fingerprint density at radius 3 is 2.92 bits per heavy atom. The Hall–Kier alpha value is -1.83. The molecule has 2 aromatic rings. The molecule has 7 heteroatoms. The fourth-order valence-electron chi connectivity index (χ4n) is 3.48. The Balaban J connectivity index is 1.73. The predicted molar refractivity (Wildman–Crippen MR) is 100 cm³/mol. The zero-order valence-corrected chi connectivity index (χ0v) is 15.8. The van der Waals surface area contributed by atoms with Gasteiger partial charge in [0.1, 0.15) is 0 Å². The Labute approximate surface area is 157 Å². The van der Waals surface area contributed by atoms with Crippen LogP contribution in [0.2, 0.25) is 0 Å². The molecular formula is C19H23N3O3S. The van der Waals surface area contributed by atoms with Gasteiger partial charge >= 0.3 is 0 Å².